The maximum absolute atomic E-state index is 12.4. The number of nitrogens with two attached hydrogens (primary N) is 1. The Morgan fingerprint density at radius 2 is 1.89 bits per heavy atom. The quantitative estimate of drug-likeness (QED) is 0.675. The van der Waals surface area contributed by atoms with Gasteiger partial charge in [0, 0.05) is 30.0 Å². The third-order valence-electron chi connectivity index (χ3n) is 5.87. The molecule has 27 heavy (non-hydrogen) atoms. The Labute approximate surface area is 166 Å². The summed E-state index contributed by atoms with van der Waals surface area (Å²) in [7, 11) is 4.49. The van der Waals surface area contributed by atoms with E-state index in [-0.39, 0.29) is 0 Å². The first-order chi connectivity index (χ1) is 12.8. The van der Waals surface area contributed by atoms with Crippen molar-refractivity contribution in [1.82, 2.24) is 0 Å². The fourth-order valence-electron chi connectivity index (χ4n) is 4.38. The molecule has 1 saturated heterocycles. The second-order valence-electron chi connectivity index (χ2n) is 7.68. The zero-order chi connectivity index (χ0) is 19.3. The van der Waals surface area contributed by atoms with Gasteiger partial charge in [-0.1, -0.05) is 11.6 Å². The molecule has 1 fully saturated rings. The molecule has 2 aliphatic heterocycles. The van der Waals surface area contributed by atoms with E-state index < -0.39 is 11.9 Å². The number of benzene rings is 1. The Kier molecular flexibility index (Phi) is 4.41. The first-order valence-electron chi connectivity index (χ1n) is 8.89. The highest BCUT2D eigenvalue weighted by Gasteiger charge is 2.51. The van der Waals surface area contributed by atoms with Crippen molar-refractivity contribution in [2.24, 2.45) is 5.73 Å². The molecule has 1 aromatic carbocycles. The molecule has 8 heteroatoms. The van der Waals surface area contributed by atoms with Gasteiger partial charge in [0.05, 0.1) is 30.6 Å². The number of carbonyl (C=O) groups is 2. The Morgan fingerprint density at radius 3 is 2.56 bits per heavy atom. The SMILES string of the molecule is C[N+]1(C)C2CCC1c1sc(NC(=O)Nc3ccc(Cl)cc3)c(C(N)=O)c1C2. The van der Waals surface area contributed by atoms with Crippen molar-refractivity contribution in [3.05, 3.63) is 45.3 Å². The summed E-state index contributed by atoms with van der Waals surface area (Å²) in [5.74, 6) is -0.485. The molecule has 2 atom stereocenters. The molecule has 6 nitrogen and oxygen atoms in total. The van der Waals surface area contributed by atoms with Crippen molar-refractivity contribution in [3.8, 4) is 0 Å². The molecule has 2 bridgehead atoms. The van der Waals surface area contributed by atoms with Crippen LogP contribution in [0.15, 0.2) is 24.3 Å². The summed E-state index contributed by atoms with van der Waals surface area (Å²) in [6.45, 7) is 0. The molecule has 2 unspecified atom stereocenters. The number of urea groups is 1. The van der Waals surface area contributed by atoms with E-state index in [2.05, 4.69) is 24.7 Å². The summed E-state index contributed by atoms with van der Waals surface area (Å²) >= 11 is 7.35. The number of anilines is 2. The highest BCUT2D eigenvalue weighted by molar-refractivity contribution is 7.17. The van der Waals surface area contributed by atoms with Crippen LogP contribution in [0.3, 0.4) is 0 Å². The van der Waals surface area contributed by atoms with Crippen LogP contribution >= 0.6 is 22.9 Å². The van der Waals surface area contributed by atoms with Crippen LogP contribution < -0.4 is 16.4 Å². The number of fused-ring (bicyclic) bond motifs is 4. The molecule has 0 saturated carbocycles. The Morgan fingerprint density at radius 1 is 1.19 bits per heavy atom. The Balaban J connectivity index is 1.62. The van der Waals surface area contributed by atoms with Crippen molar-refractivity contribution in [2.45, 2.75) is 31.3 Å². The van der Waals surface area contributed by atoms with E-state index in [9.17, 15) is 9.59 Å². The van der Waals surface area contributed by atoms with Gasteiger partial charge >= 0.3 is 6.03 Å². The summed E-state index contributed by atoms with van der Waals surface area (Å²) < 4.78 is 0.933. The van der Waals surface area contributed by atoms with Gasteiger partial charge in [0.25, 0.3) is 5.91 Å². The van der Waals surface area contributed by atoms with Gasteiger partial charge in [-0.3, -0.25) is 10.1 Å². The normalized spacial score (nSPS) is 22.2. The summed E-state index contributed by atoms with van der Waals surface area (Å²) in [6.07, 6.45) is 3.07. The molecule has 0 spiro atoms. The molecule has 3 amide bonds. The number of amides is 3. The van der Waals surface area contributed by atoms with Crippen LogP contribution in [0.25, 0.3) is 0 Å². The first kappa shape index (κ1) is 18.3. The molecule has 3 heterocycles. The van der Waals surface area contributed by atoms with Crippen molar-refractivity contribution >= 4 is 45.6 Å². The predicted octanol–water partition coefficient (Wildman–Crippen LogP) is 3.98. The third-order valence-corrected chi connectivity index (χ3v) is 7.37. The molecule has 1 aromatic heterocycles. The van der Waals surface area contributed by atoms with Crippen molar-refractivity contribution in [2.75, 3.05) is 24.7 Å². The number of halogens is 1. The third kappa shape index (κ3) is 3.09. The van der Waals surface area contributed by atoms with E-state index in [1.54, 1.807) is 24.3 Å². The fraction of sp³-hybridized carbons (Fsp3) is 0.368. The monoisotopic (exact) mass is 405 g/mol. The standard InChI is InChI=1S/C19H21ClN4O2S/c1-24(2)12-7-8-14(24)16-13(9-12)15(17(21)25)18(27-16)23-19(26)22-11-5-3-10(20)4-6-11/h3-6,12,14H,7-9H2,1-2H3,(H3-,21,22,23,25,26)/p+1. The fourth-order valence-corrected chi connectivity index (χ4v) is 6.03. The lowest BCUT2D eigenvalue weighted by Crippen LogP contribution is -2.49. The maximum atomic E-state index is 12.4. The number of nitrogens with one attached hydrogen (secondary N) is 2. The van der Waals surface area contributed by atoms with Crippen molar-refractivity contribution in [3.63, 3.8) is 0 Å². The summed E-state index contributed by atoms with van der Waals surface area (Å²) in [6, 6.07) is 7.28. The number of hydrogen-bond donors (Lipinski definition) is 3. The van der Waals surface area contributed by atoms with Gasteiger partial charge in [-0.05, 0) is 29.8 Å². The van der Waals surface area contributed by atoms with Crippen LogP contribution in [0, 0.1) is 0 Å². The number of carbonyl (C=O) groups excluding carboxylic acids is 2. The molecule has 4 N–H and O–H groups in total. The van der Waals surface area contributed by atoms with E-state index in [1.807, 2.05) is 0 Å². The lowest BCUT2D eigenvalue weighted by Gasteiger charge is -2.41. The van der Waals surface area contributed by atoms with Crippen LogP contribution in [0.5, 0.6) is 0 Å². The first-order valence-corrected chi connectivity index (χ1v) is 10.1. The van der Waals surface area contributed by atoms with Gasteiger partial charge in [-0.2, -0.15) is 0 Å². The molecule has 142 valence electrons. The van der Waals surface area contributed by atoms with Crippen LogP contribution in [-0.4, -0.2) is 36.6 Å². The van der Waals surface area contributed by atoms with Crippen LogP contribution in [0.1, 0.15) is 39.7 Å². The summed E-state index contributed by atoms with van der Waals surface area (Å²) in [4.78, 5) is 25.8. The minimum atomic E-state index is -0.485. The van der Waals surface area contributed by atoms with Crippen molar-refractivity contribution < 1.29 is 14.1 Å². The van der Waals surface area contributed by atoms with E-state index in [0.717, 1.165) is 29.3 Å². The minimum absolute atomic E-state index is 0.358. The number of primary amides is 1. The van der Waals surface area contributed by atoms with E-state index in [0.29, 0.717) is 33.4 Å². The number of rotatable bonds is 3. The van der Waals surface area contributed by atoms with Gasteiger partial charge in [-0.25, -0.2) is 4.79 Å². The molecule has 2 aromatic rings. The lowest BCUT2D eigenvalue weighted by molar-refractivity contribution is -0.932. The second kappa shape index (κ2) is 6.51. The number of nitrogens with zero attached hydrogens (tertiary/aromatic N) is 1. The van der Waals surface area contributed by atoms with Gasteiger partial charge in [0.1, 0.15) is 11.0 Å². The second-order valence-corrected chi connectivity index (χ2v) is 9.17. The molecule has 2 aliphatic rings. The summed E-state index contributed by atoms with van der Waals surface area (Å²) in [5.41, 5.74) is 7.80. The predicted molar refractivity (Wildman–Crippen MR) is 109 cm³/mol. The van der Waals surface area contributed by atoms with E-state index >= 15 is 0 Å². The zero-order valence-corrected chi connectivity index (χ0v) is 16.8. The minimum Gasteiger partial charge on any atom is -0.365 e. The molecule has 0 radical (unpaired) electrons. The van der Waals surface area contributed by atoms with E-state index in [1.165, 1.54) is 16.2 Å². The van der Waals surface area contributed by atoms with Crippen LogP contribution in [-0.2, 0) is 6.42 Å². The van der Waals surface area contributed by atoms with E-state index in [4.69, 9.17) is 17.3 Å². The number of thiophene rings is 1. The highest BCUT2D eigenvalue weighted by Crippen LogP contribution is 2.52. The average molecular weight is 406 g/mol. The van der Waals surface area contributed by atoms with Gasteiger partial charge in [0.2, 0.25) is 0 Å². The largest absolute Gasteiger partial charge is 0.365 e. The van der Waals surface area contributed by atoms with Crippen LogP contribution in [0.2, 0.25) is 5.02 Å². The topological polar surface area (TPSA) is 84.2 Å². The number of likely N-dealkylation sites (N-methyl/N-ethyl adjacent to an activating group) is 1. The van der Waals surface area contributed by atoms with Crippen molar-refractivity contribution in [1.29, 1.82) is 0 Å². The summed E-state index contributed by atoms with van der Waals surface area (Å²) in [5, 5.41) is 6.71. The smallest absolute Gasteiger partial charge is 0.324 e. The zero-order valence-electron chi connectivity index (χ0n) is 15.2. The molecule has 4 rings (SSSR count). The van der Waals surface area contributed by atoms with Gasteiger partial charge in [0.15, 0.2) is 0 Å². The molecular weight excluding hydrogens is 384 g/mol. The molecular formula is C19H22ClN4O2S+. The Hall–Kier alpha value is -2.09. The van der Waals surface area contributed by atoms with Gasteiger partial charge in [-0.15, -0.1) is 11.3 Å². The van der Waals surface area contributed by atoms with Crippen LogP contribution in [0.4, 0.5) is 15.5 Å². The molecule has 0 aliphatic carbocycles. The van der Waals surface area contributed by atoms with Gasteiger partial charge < -0.3 is 15.5 Å². The number of quaternary nitrogens is 1. The highest BCUT2D eigenvalue weighted by atomic mass is 35.5. The average Bonchev–Trinajstić information content (AvgIpc) is 3.00. The maximum Gasteiger partial charge on any atom is 0.324 e. The lowest BCUT2D eigenvalue weighted by atomic mass is 9.95. The number of hydrogen-bond acceptors (Lipinski definition) is 3. The Bertz CT molecular complexity index is 923.